The van der Waals surface area contributed by atoms with Crippen LogP contribution in [0.3, 0.4) is 0 Å². The number of nitrogen functional groups attached to an aromatic ring is 1. The van der Waals surface area contributed by atoms with Crippen molar-refractivity contribution in [3.8, 4) is 0 Å². The molecule has 0 aliphatic carbocycles. The molecule has 0 saturated carbocycles. The number of anilines is 2. The third-order valence-corrected chi connectivity index (χ3v) is 3.01. The molecule has 2 aromatic rings. The van der Waals surface area contributed by atoms with Crippen LogP contribution in [0.4, 0.5) is 11.4 Å². The van der Waals surface area contributed by atoms with Gasteiger partial charge in [-0.25, -0.2) is 0 Å². The van der Waals surface area contributed by atoms with Gasteiger partial charge in [-0.05, 0) is 48.4 Å². The lowest BCUT2D eigenvalue weighted by Crippen LogP contribution is -2.11. The van der Waals surface area contributed by atoms with Gasteiger partial charge in [0.2, 0.25) is 0 Å². The molecule has 0 unspecified atom stereocenters. The Morgan fingerprint density at radius 2 is 1.62 bits per heavy atom. The minimum absolute atomic E-state index is 0.0944. The molecule has 0 saturated heterocycles. The molecule has 0 aliphatic rings. The topological polar surface area (TPSA) is 92.4 Å². The first-order valence-corrected chi connectivity index (χ1v) is 6.52. The van der Waals surface area contributed by atoms with Crippen molar-refractivity contribution < 1.29 is 14.7 Å². The van der Waals surface area contributed by atoms with Crippen molar-refractivity contribution in [1.29, 1.82) is 0 Å². The number of carboxylic acids is 1. The van der Waals surface area contributed by atoms with Crippen LogP contribution in [0.2, 0.25) is 0 Å². The van der Waals surface area contributed by atoms with E-state index in [0.29, 0.717) is 23.4 Å². The first kappa shape index (κ1) is 14.6. The Morgan fingerprint density at radius 3 is 2.19 bits per heavy atom. The number of benzene rings is 2. The van der Waals surface area contributed by atoms with E-state index in [1.54, 1.807) is 36.4 Å². The van der Waals surface area contributed by atoms with Gasteiger partial charge in [0.15, 0.2) is 0 Å². The van der Waals surface area contributed by atoms with E-state index in [1.165, 1.54) is 0 Å². The van der Waals surface area contributed by atoms with Crippen LogP contribution >= 0.6 is 0 Å². The average Bonchev–Trinajstić information content (AvgIpc) is 2.47. The second-order valence-electron chi connectivity index (χ2n) is 4.67. The molecule has 4 N–H and O–H groups in total. The molecule has 0 radical (unpaired) electrons. The number of hydrogen-bond acceptors (Lipinski definition) is 3. The van der Waals surface area contributed by atoms with Crippen molar-refractivity contribution in [1.82, 2.24) is 0 Å². The SMILES string of the molecule is Nc1ccc(C(=O)Nc2ccc(CCC(=O)O)cc2)cc1. The molecule has 5 nitrogen and oxygen atoms in total. The van der Waals surface area contributed by atoms with Gasteiger partial charge >= 0.3 is 5.97 Å². The lowest BCUT2D eigenvalue weighted by molar-refractivity contribution is -0.136. The minimum atomic E-state index is -0.823. The first-order valence-electron chi connectivity index (χ1n) is 6.52. The summed E-state index contributed by atoms with van der Waals surface area (Å²) < 4.78 is 0. The highest BCUT2D eigenvalue weighted by Crippen LogP contribution is 2.13. The molecule has 0 atom stereocenters. The Labute approximate surface area is 122 Å². The van der Waals surface area contributed by atoms with Crippen molar-refractivity contribution in [3.63, 3.8) is 0 Å². The maximum atomic E-state index is 12.0. The quantitative estimate of drug-likeness (QED) is 0.736. The van der Waals surface area contributed by atoms with E-state index in [9.17, 15) is 9.59 Å². The van der Waals surface area contributed by atoms with Crippen LogP contribution in [0.1, 0.15) is 22.3 Å². The highest BCUT2D eigenvalue weighted by Gasteiger charge is 2.06. The molecule has 0 aliphatic heterocycles. The number of carbonyl (C=O) groups excluding carboxylic acids is 1. The number of amides is 1. The van der Waals surface area contributed by atoms with Gasteiger partial charge < -0.3 is 16.2 Å². The molecular formula is C16H16N2O3. The van der Waals surface area contributed by atoms with E-state index in [1.807, 2.05) is 12.1 Å². The van der Waals surface area contributed by atoms with E-state index >= 15 is 0 Å². The molecule has 2 rings (SSSR count). The zero-order chi connectivity index (χ0) is 15.2. The summed E-state index contributed by atoms with van der Waals surface area (Å²) in [6.45, 7) is 0. The third-order valence-electron chi connectivity index (χ3n) is 3.01. The minimum Gasteiger partial charge on any atom is -0.481 e. The Morgan fingerprint density at radius 1 is 1.00 bits per heavy atom. The fourth-order valence-electron chi connectivity index (χ4n) is 1.84. The lowest BCUT2D eigenvalue weighted by atomic mass is 10.1. The van der Waals surface area contributed by atoms with Crippen molar-refractivity contribution >= 4 is 23.3 Å². The number of carboxylic acid groups (broad SMARTS) is 1. The maximum Gasteiger partial charge on any atom is 0.303 e. The molecule has 0 aromatic heterocycles. The Bertz CT molecular complexity index is 634. The fraction of sp³-hybridized carbons (Fsp3) is 0.125. The summed E-state index contributed by atoms with van der Waals surface area (Å²) in [5, 5.41) is 11.4. The zero-order valence-electron chi connectivity index (χ0n) is 11.4. The van der Waals surface area contributed by atoms with E-state index in [0.717, 1.165) is 5.56 Å². The molecule has 0 fully saturated rings. The predicted octanol–water partition coefficient (Wildman–Crippen LogP) is 2.54. The van der Waals surface area contributed by atoms with E-state index in [4.69, 9.17) is 10.8 Å². The van der Waals surface area contributed by atoms with Gasteiger partial charge in [-0.15, -0.1) is 0 Å². The molecule has 108 valence electrons. The largest absolute Gasteiger partial charge is 0.481 e. The van der Waals surface area contributed by atoms with Gasteiger partial charge in [0.1, 0.15) is 0 Å². The number of aryl methyl sites for hydroxylation is 1. The number of aliphatic carboxylic acids is 1. The van der Waals surface area contributed by atoms with E-state index in [-0.39, 0.29) is 12.3 Å². The summed E-state index contributed by atoms with van der Waals surface area (Å²) in [7, 11) is 0. The van der Waals surface area contributed by atoms with E-state index in [2.05, 4.69) is 5.32 Å². The van der Waals surface area contributed by atoms with Gasteiger partial charge in [-0.3, -0.25) is 9.59 Å². The molecule has 0 spiro atoms. The Kier molecular flexibility index (Phi) is 4.56. The normalized spacial score (nSPS) is 10.1. The summed E-state index contributed by atoms with van der Waals surface area (Å²) in [5.74, 6) is -1.04. The van der Waals surface area contributed by atoms with Crippen LogP contribution in [-0.4, -0.2) is 17.0 Å². The highest BCUT2D eigenvalue weighted by atomic mass is 16.4. The molecule has 21 heavy (non-hydrogen) atoms. The van der Waals surface area contributed by atoms with Crippen LogP contribution in [0, 0.1) is 0 Å². The third kappa shape index (κ3) is 4.35. The monoisotopic (exact) mass is 284 g/mol. The summed E-state index contributed by atoms with van der Waals surface area (Å²) >= 11 is 0. The molecule has 2 aromatic carbocycles. The first-order chi connectivity index (χ1) is 10.0. The average molecular weight is 284 g/mol. The van der Waals surface area contributed by atoms with Gasteiger partial charge in [0, 0.05) is 23.4 Å². The van der Waals surface area contributed by atoms with Crippen LogP contribution in [0.5, 0.6) is 0 Å². The second kappa shape index (κ2) is 6.56. The number of nitrogens with two attached hydrogens (primary N) is 1. The second-order valence-corrected chi connectivity index (χ2v) is 4.67. The van der Waals surface area contributed by atoms with E-state index < -0.39 is 5.97 Å². The molecule has 0 bridgehead atoms. The molecule has 5 heteroatoms. The number of nitrogens with one attached hydrogen (secondary N) is 1. The van der Waals surface area contributed by atoms with Crippen molar-refractivity contribution in [3.05, 3.63) is 59.7 Å². The summed E-state index contributed by atoms with van der Waals surface area (Å²) in [4.78, 5) is 22.5. The van der Waals surface area contributed by atoms with Crippen molar-refractivity contribution in [2.75, 3.05) is 11.1 Å². The van der Waals surface area contributed by atoms with Crippen LogP contribution in [0.25, 0.3) is 0 Å². The van der Waals surface area contributed by atoms with Gasteiger partial charge in [0.05, 0.1) is 0 Å². The fourth-order valence-corrected chi connectivity index (χ4v) is 1.84. The van der Waals surface area contributed by atoms with Crippen LogP contribution < -0.4 is 11.1 Å². The smallest absolute Gasteiger partial charge is 0.303 e. The zero-order valence-corrected chi connectivity index (χ0v) is 11.4. The van der Waals surface area contributed by atoms with Gasteiger partial charge in [-0.1, -0.05) is 12.1 Å². The summed E-state index contributed by atoms with van der Waals surface area (Å²) in [6, 6.07) is 13.8. The summed E-state index contributed by atoms with van der Waals surface area (Å²) in [6.07, 6.45) is 0.568. The number of rotatable bonds is 5. The van der Waals surface area contributed by atoms with Crippen molar-refractivity contribution in [2.24, 2.45) is 0 Å². The lowest BCUT2D eigenvalue weighted by Gasteiger charge is -2.06. The van der Waals surface area contributed by atoms with Crippen LogP contribution in [-0.2, 0) is 11.2 Å². The maximum absolute atomic E-state index is 12.0. The Hall–Kier alpha value is -2.82. The number of hydrogen-bond donors (Lipinski definition) is 3. The predicted molar refractivity (Wildman–Crippen MR) is 81.2 cm³/mol. The Balaban J connectivity index is 1.98. The molecule has 0 heterocycles. The molecular weight excluding hydrogens is 268 g/mol. The van der Waals surface area contributed by atoms with Gasteiger partial charge in [0.25, 0.3) is 5.91 Å². The highest BCUT2D eigenvalue weighted by molar-refractivity contribution is 6.04. The van der Waals surface area contributed by atoms with Crippen molar-refractivity contribution in [2.45, 2.75) is 12.8 Å². The van der Waals surface area contributed by atoms with Gasteiger partial charge in [-0.2, -0.15) is 0 Å². The van der Waals surface area contributed by atoms with Crippen LogP contribution in [0.15, 0.2) is 48.5 Å². The molecule has 1 amide bonds. The summed E-state index contributed by atoms with van der Waals surface area (Å²) in [5.41, 5.74) is 8.29. The number of carbonyl (C=O) groups is 2. The standard InChI is InChI=1S/C16H16N2O3/c17-13-6-4-12(5-7-13)16(21)18-14-8-1-11(2-9-14)3-10-15(19)20/h1-2,4-9H,3,10,17H2,(H,18,21)(H,19,20).